The van der Waals surface area contributed by atoms with Crippen molar-refractivity contribution in [1.29, 1.82) is 0 Å². The highest BCUT2D eigenvalue weighted by Crippen LogP contribution is 2.31. The number of nitrogens with two attached hydrogens (primary N) is 1. The summed E-state index contributed by atoms with van der Waals surface area (Å²) in [5.41, 5.74) is 8.92. The predicted octanol–water partition coefficient (Wildman–Crippen LogP) is 1.54. The molecule has 1 aliphatic carbocycles. The Morgan fingerprint density at radius 3 is 2.82 bits per heavy atom. The number of oxime groups is 2. The third-order valence-corrected chi connectivity index (χ3v) is 3.27. The number of benzene rings is 1. The number of amidine groups is 1. The zero-order valence-corrected chi connectivity index (χ0v) is 9.59. The first kappa shape index (κ1) is 11.4. The third kappa shape index (κ3) is 1.73. The minimum Gasteiger partial charge on any atom is -0.411 e. The Hall–Kier alpha value is -2.04. The van der Waals surface area contributed by atoms with Crippen LogP contribution < -0.4 is 5.73 Å². The summed E-state index contributed by atoms with van der Waals surface area (Å²) in [6, 6.07) is 5.52. The van der Waals surface area contributed by atoms with E-state index in [1.807, 2.05) is 19.1 Å². The molecule has 2 rings (SSSR count). The maximum atomic E-state index is 9.08. The molecule has 0 saturated carbocycles. The van der Waals surface area contributed by atoms with E-state index in [9.17, 15) is 0 Å². The van der Waals surface area contributed by atoms with E-state index in [1.54, 1.807) is 6.07 Å². The summed E-state index contributed by atoms with van der Waals surface area (Å²) in [7, 11) is 0. The molecule has 0 amide bonds. The van der Waals surface area contributed by atoms with Gasteiger partial charge in [-0.15, -0.1) is 0 Å². The summed E-state index contributed by atoms with van der Waals surface area (Å²) >= 11 is 0. The van der Waals surface area contributed by atoms with Crippen molar-refractivity contribution in [3.63, 3.8) is 0 Å². The van der Waals surface area contributed by atoms with E-state index in [4.69, 9.17) is 16.1 Å². The fourth-order valence-corrected chi connectivity index (χ4v) is 2.38. The van der Waals surface area contributed by atoms with Crippen LogP contribution in [0, 0.1) is 5.92 Å². The maximum absolute atomic E-state index is 9.08. The van der Waals surface area contributed by atoms with Crippen LogP contribution in [0.4, 0.5) is 0 Å². The number of hydrogen-bond donors (Lipinski definition) is 3. The van der Waals surface area contributed by atoms with Gasteiger partial charge in [-0.1, -0.05) is 35.4 Å². The quantitative estimate of drug-likeness (QED) is 0.313. The summed E-state index contributed by atoms with van der Waals surface area (Å²) in [5, 5.41) is 24.2. The van der Waals surface area contributed by atoms with Crippen LogP contribution in [-0.4, -0.2) is 22.0 Å². The summed E-state index contributed by atoms with van der Waals surface area (Å²) in [6.07, 6.45) is 1.65. The van der Waals surface area contributed by atoms with Gasteiger partial charge in [0.1, 0.15) is 0 Å². The Morgan fingerprint density at radius 1 is 1.47 bits per heavy atom. The van der Waals surface area contributed by atoms with Gasteiger partial charge in [-0.25, -0.2) is 0 Å². The second-order valence-electron chi connectivity index (χ2n) is 4.11. The van der Waals surface area contributed by atoms with Gasteiger partial charge in [-0.3, -0.25) is 0 Å². The van der Waals surface area contributed by atoms with Crippen molar-refractivity contribution in [3.05, 3.63) is 34.9 Å². The molecule has 4 N–H and O–H groups in total. The zero-order valence-electron chi connectivity index (χ0n) is 9.59. The predicted molar refractivity (Wildman–Crippen MR) is 64.8 cm³/mol. The van der Waals surface area contributed by atoms with Crippen molar-refractivity contribution in [3.8, 4) is 0 Å². The fourth-order valence-electron chi connectivity index (χ4n) is 2.38. The summed E-state index contributed by atoms with van der Waals surface area (Å²) in [5.74, 6) is 0.290. The normalized spacial score (nSPS) is 21.8. The van der Waals surface area contributed by atoms with E-state index in [1.165, 1.54) is 0 Å². The van der Waals surface area contributed by atoms with E-state index in [2.05, 4.69) is 10.3 Å². The molecule has 0 bridgehead atoms. The Bertz CT molecular complexity index is 495. The molecule has 1 unspecified atom stereocenters. The largest absolute Gasteiger partial charge is 0.411 e. The zero-order chi connectivity index (χ0) is 12.4. The molecular weight excluding hydrogens is 218 g/mol. The van der Waals surface area contributed by atoms with Crippen molar-refractivity contribution >= 4 is 11.5 Å². The molecule has 1 aliphatic rings. The Kier molecular flexibility index (Phi) is 2.99. The summed E-state index contributed by atoms with van der Waals surface area (Å²) in [6.45, 7) is 2.05. The number of hydrogen-bond acceptors (Lipinski definition) is 4. The van der Waals surface area contributed by atoms with Crippen molar-refractivity contribution in [2.75, 3.05) is 0 Å². The molecule has 0 aromatic heterocycles. The minimum atomic E-state index is 0.0934. The molecule has 5 heteroatoms. The molecule has 0 fully saturated rings. The Labute approximate surface area is 99.2 Å². The molecule has 0 heterocycles. The highest BCUT2D eigenvalue weighted by atomic mass is 16.4. The molecule has 90 valence electrons. The van der Waals surface area contributed by atoms with E-state index in [0.29, 0.717) is 11.3 Å². The van der Waals surface area contributed by atoms with E-state index >= 15 is 0 Å². The summed E-state index contributed by atoms with van der Waals surface area (Å²) < 4.78 is 0. The van der Waals surface area contributed by atoms with Crippen LogP contribution in [0.15, 0.2) is 28.5 Å². The van der Waals surface area contributed by atoms with Crippen molar-refractivity contribution in [2.24, 2.45) is 22.0 Å². The third-order valence-electron chi connectivity index (χ3n) is 3.27. The van der Waals surface area contributed by atoms with Crippen LogP contribution >= 0.6 is 0 Å². The van der Waals surface area contributed by atoms with E-state index < -0.39 is 0 Å². The summed E-state index contributed by atoms with van der Waals surface area (Å²) in [4.78, 5) is 0. The molecule has 0 aliphatic heterocycles. The lowest BCUT2D eigenvalue weighted by Crippen LogP contribution is -2.15. The van der Waals surface area contributed by atoms with E-state index in [0.717, 1.165) is 24.0 Å². The SMILES string of the molecule is CCC1Cc2c(C(N)=NO)cccc2C1=NO. The highest BCUT2D eigenvalue weighted by molar-refractivity contribution is 6.09. The van der Waals surface area contributed by atoms with Gasteiger partial charge in [0.2, 0.25) is 0 Å². The smallest absolute Gasteiger partial charge is 0.170 e. The lowest BCUT2D eigenvalue weighted by Gasteiger charge is -2.05. The number of fused-ring (bicyclic) bond motifs is 1. The molecule has 1 aromatic rings. The number of nitrogens with zero attached hydrogens (tertiary/aromatic N) is 2. The first-order valence-corrected chi connectivity index (χ1v) is 5.55. The molecule has 5 nitrogen and oxygen atoms in total. The Balaban J connectivity index is 2.57. The van der Waals surface area contributed by atoms with Gasteiger partial charge in [0.25, 0.3) is 0 Å². The monoisotopic (exact) mass is 233 g/mol. The molecular formula is C12H15N3O2. The van der Waals surface area contributed by atoms with Gasteiger partial charge in [-0.2, -0.15) is 0 Å². The molecule has 0 saturated heterocycles. The topological polar surface area (TPSA) is 91.2 Å². The van der Waals surface area contributed by atoms with E-state index in [-0.39, 0.29) is 11.8 Å². The molecule has 0 spiro atoms. The molecule has 1 atom stereocenters. The average molecular weight is 233 g/mol. The molecule has 17 heavy (non-hydrogen) atoms. The van der Waals surface area contributed by atoms with Crippen LogP contribution in [-0.2, 0) is 6.42 Å². The fraction of sp³-hybridized carbons (Fsp3) is 0.333. The minimum absolute atomic E-state index is 0.0934. The highest BCUT2D eigenvalue weighted by Gasteiger charge is 2.30. The van der Waals surface area contributed by atoms with Crippen LogP contribution in [0.2, 0.25) is 0 Å². The van der Waals surface area contributed by atoms with Gasteiger partial charge in [0.05, 0.1) is 5.71 Å². The lowest BCUT2D eigenvalue weighted by molar-refractivity contribution is 0.315. The van der Waals surface area contributed by atoms with Gasteiger partial charge in [0.15, 0.2) is 5.84 Å². The standard InChI is InChI=1S/C12H15N3O2/c1-2-7-6-10-8(11(7)14-16)4-3-5-9(10)12(13)15-17/h3-5,7,16-17H,2,6H2,1H3,(H2,13,15). The van der Waals surface area contributed by atoms with Crippen molar-refractivity contribution < 1.29 is 10.4 Å². The molecule has 1 aromatic carbocycles. The first-order valence-electron chi connectivity index (χ1n) is 5.55. The van der Waals surface area contributed by atoms with Gasteiger partial charge in [-0.05, 0) is 18.4 Å². The van der Waals surface area contributed by atoms with Crippen molar-refractivity contribution in [2.45, 2.75) is 19.8 Å². The van der Waals surface area contributed by atoms with Gasteiger partial charge >= 0.3 is 0 Å². The number of rotatable bonds is 2. The lowest BCUT2D eigenvalue weighted by atomic mass is 10.0. The van der Waals surface area contributed by atoms with Crippen molar-refractivity contribution in [1.82, 2.24) is 0 Å². The molecule has 0 radical (unpaired) electrons. The maximum Gasteiger partial charge on any atom is 0.170 e. The van der Waals surface area contributed by atoms with Gasteiger partial charge in [0, 0.05) is 17.0 Å². The second-order valence-corrected chi connectivity index (χ2v) is 4.11. The second kappa shape index (κ2) is 4.45. The van der Waals surface area contributed by atoms with Crippen LogP contribution in [0.25, 0.3) is 0 Å². The first-order chi connectivity index (χ1) is 8.22. The van der Waals surface area contributed by atoms with Gasteiger partial charge < -0.3 is 16.1 Å². The average Bonchev–Trinajstić information content (AvgIpc) is 2.74. The van der Waals surface area contributed by atoms with Crippen LogP contribution in [0.1, 0.15) is 30.0 Å². The Morgan fingerprint density at radius 2 is 2.24 bits per heavy atom. The van der Waals surface area contributed by atoms with Crippen LogP contribution in [0.5, 0.6) is 0 Å². The van der Waals surface area contributed by atoms with Crippen LogP contribution in [0.3, 0.4) is 0 Å².